The van der Waals surface area contributed by atoms with Gasteiger partial charge in [-0.3, -0.25) is 5.41 Å². The average molecular weight is 155 g/mol. The molecule has 0 bridgehead atoms. The molecule has 6 N–H and O–H groups in total. The van der Waals surface area contributed by atoms with Crippen molar-refractivity contribution in [3.63, 3.8) is 0 Å². The largest absolute Gasteiger partial charge is 0.376 e. The Hall–Kier alpha value is -0.550. The quantitative estimate of drug-likeness (QED) is 0.208. The Labute approximate surface area is 58.5 Å². The lowest BCUT2D eigenvalue weighted by molar-refractivity contribution is 1.25. The van der Waals surface area contributed by atoms with Crippen LogP contribution < -0.4 is 16.8 Å². The number of hydrogen-bond donors (Lipinski definition) is 4. The molecule has 0 atom stereocenters. The number of thiocarbonyl (C=S) groups is 1. The molecule has 8 heavy (non-hydrogen) atoms. The van der Waals surface area contributed by atoms with Crippen LogP contribution in [0.25, 0.3) is 0 Å². The lowest BCUT2D eigenvalue weighted by Crippen LogP contribution is -2.39. The number of rotatable bonds is 0. The van der Waals surface area contributed by atoms with Crippen LogP contribution in [-0.4, -0.2) is 11.1 Å². The molecule has 0 rings (SSSR count). The fourth-order valence-corrected chi connectivity index (χ4v) is 0.243. The van der Waals surface area contributed by atoms with Gasteiger partial charge in [-0.1, -0.05) is 0 Å². The van der Waals surface area contributed by atoms with Crippen LogP contribution in [0.2, 0.25) is 0 Å². The van der Waals surface area contributed by atoms with Crippen LogP contribution in [0.3, 0.4) is 0 Å². The van der Waals surface area contributed by atoms with Gasteiger partial charge in [0.05, 0.1) is 0 Å². The molecule has 0 aliphatic carbocycles. The molecule has 0 spiro atoms. The Kier molecular flexibility index (Phi) is 6.01. The lowest BCUT2D eigenvalue weighted by Gasteiger charge is -1.95. The van der Waals surface area contributed by atoms with Crippen LogP contribution in [-0.2, 0) is 0 Å². The zero-order valence-electron chi connectivity index (χ0n) is 3.97. The molecule has 4 nitrogen and oxygen atoms in total. The topological polar surface area (TPSA) is 87.9 Å². The smallest absolute Gasteiger partial charge is 0.192 e. The second-order valence-electron chi connectivity index (χ2n) is 0.903. The van der Waals surface area contributed by atoms with Crippen molar-refractivity contribution in [3.8, 4) is 0 Å². The monoisotopic (exact) mass is 154 g/mol. The van der Waals surface area contributed by atoms with Crippen molar-refractivity contribution in [1.82, 2.24) is 5.32 Å². The summed E-state index contributed by atoms with van der Waals surface area (Å²) in [6.07, 6.45) is 0. The minimum absolute atomic E-state index is 0. The predicted molar refractivity (Wildman–Crippen MR) is 39.1 cm³/mol. The molecule has 0 aromatic heterocycles. The third kappa shape index (κ3) is 9.07. The van der Waals surface area contributed by atoms with Gasteiger partial charge in [-0.15, -0.1) is 12.4 Å². The Morgan fingerprint density at radius 2 is 1.88 bits per heavy atom. The molecular weight excluding hydrogens is 148 g/mol. The molecule has 0 aliphatic rings. The van der Waals surface area contributed by atoms with Gasteiger partial charge < -0.3 is 16.8 Å². The van der Waals surface area contributed by atoms with E-state index in [9.17, 15) is 0 Å². The molecular formula is C2H7ClN4S. The highest BCUT2D eigenvalue weighted by Gasteiger charge is 1.83. The maximum Gasteiger partial charge on any atom is 0.192 e. The van der Waals surface area contributed by atoms with E-state index in [1.54, 1.807) is 0 Å². The van der Waals surface area contributed by atoms with Gasteiger partial charge in [0.2, 0.25) is 0 Å². The number of halogens is 1. The first-order chi connectivity index (χ1) is 3.13. The average Bonchev–Trinajstić information content (AvgIpc) is 1.27. The van der Waals surface area contributed by atoms with E-state index in [1.165, 1.54) is 0 Å². The van der Waals surface area contributed by atoms with E-state index in [4.69, 9.17) is 16.9 Å². The summed E-state index contributed by atoms with van der Waals surface area (Å²) < 4.78 is 0. The fraction of sp³-hybridized carbons (Fsp3) is 0. The third-order valence-corrected chi connectivity index (χ3v) is 0.360. The van der Waals surface area contributed by atoms with Crippen LogP contribution in [0.15, 0.2) is 0 Å². The first kappa shape index (κ1) is 10.4. The summed E-state index contributed by atoms with van der Waals surface area (Å²) in [5.74, 6) is -0.229. The molecule has 0 aromatic carbocycles. The first-order valence-corrected chi connectivity index (χ1v) is 1.94. The first-order valence-electron chi connectivity index (χ1n) is 1.53. The predicted octanol–water partition coefficient (Wildman–Crippen LogP) is -0.865. The Balaban J connectivity index is 0. The van der Waals surface area contributed by atoms with Gasteiger partial charge in [0.1, 0.15) is 0 Å². The zero-order chi connectivity index (χ0) is 5.86. The highest BCUT2D eigenvalue weighted by molar-refractivity contribution is 7.80. The van der Waals surface area contributed by atoms with Crippen molar-refractivity contribution in [1.29, 1.82) is 5.41 Å². The van der Waals surface area contributed by atoms with Gasteiger partial charge in [-0.05, 0) is 12.2 Å². The van der Waals surface area contributed by atoms with Crippen LogP contribution in [0, 0.1) is 5.41 Å². The number of nitrogens with two attached hydrogens (primary N) is 2. The van der Waals surface area contributed by atoms with Crippen LogP contribution in [0.1, 0.15) is 0 Å². The normalized spacial score (nSPS) is 6.50. The SMILES string of the molecule is Cl.N=C(N)NC(N)=S. The van der Waals surface area contributed by atoms with E-state index in [2.05, 4.69) is 17.5 Å². The Morgan fingerprint density at radius 3 is 1.88 bits per heavy atom. The molecule has 0 amide bonds. The summed E-state index contributed by atoms with van der Waals surface area (Å²) in [7, 11) is 0. The summed E-state index contributed by atoms with van der Waals surface area (Å²) in [6, 6.07) is 0. The molecule has 0 saturated heterocycles. The minimum Gasteiger partial charge on any atom is -0.376 e. The maximum atomic E-state index is 6.52. The van der Waals surface area contributed by atoms with Gasteiger partial charge in [0.15, 0.2) is 11.1 Å². The Morgan fingerprint density at radius 1 is 1.50 bits per heavy atom. The fourth-order valence-electron chi connectivity index (χ4n) is 0.133. The highest BCUT2D eigenvalue weighted by atomic mass is 35.5. The standard InChI is InChI=1S/C2H6N4S.ClH/c3-1(4)6-2(5)7;/h(H6,3,4,5,6,7);1H. The number of guanidine groups is 1. The number of nitrogens with one attached hydrogen (secondary N) is 2. The highest BCUT2D eigenvalue weighted by Crippen LogP contribution is 1.51. The minimum atomic E-state index is -0.229. The van der Waals surface area contributed by atoms with Crippen molar-refractivity contribution in [2.45, 2.75) is 0 Å². The van der Waals surface area contributed by atoms with E-state index in [-0.39, 0.29) is 23.5 Å². The van der Waals surface area contributed by atoms with Crippen LogP contribution in [0.4, 0.5) is 0 Å². The van der Waals surface area contributed by atoms with E-state index in [0.717, 1.165) is 0 Å². The van der Waals surface area contributed by atoms with Crippen molar-refractivity contribution >= 4 is 35.7 Å². The van der Waals surface area contributed by atoms with E-state index < -0.39 is 0 Å². The van der Waals surface area contributed by atoms with Gasteiger partial charge in [0.25, 0.3) is 0 Å². The molecule has 0 aliphatic heterocycles. The van der Waals surface area contributed by atoms with Crippen molar-refractivity contribution in [2.24, 2.45) is 11.5 Å². The number of hydrogen-bond acceptors (Lipinski definition) is 2. The molecule has 0 radical (unpaired) electrons. The van der Waals surface area contributed by atoms with Crippen LogP contribution >= 0.6 is 24.6 Å². The van der Waals surface area contributed by atoms with Crippen molar-refractivity contribution in [3.05, 3.63) is 0 Å². The zero-order valence-corrected chi connectivity index (χ0v) is 5.60. The summed E-state index contributed by atoms with van der Waals surface area (Å²) >= 11 is 4.32. The third-order valence-electron chi connectivity index (χ3n) is 0.258. The molecule has 6 heteroatoms. The Bertz CT molecular complexity index is 90.2. The summed E-state index contributed by atoms with van der Waals surface area (Å²) in [5, 5.41) is 8.72. The van der Waals surface area contributed by atoms with Gasteiger partial charge >= 0.3 is 0 Å². The molecule has 48 valence electrons. The molecule has 0 aromatic rings. The molecule has 0 fully saturated rings. The van der Waals surface area contributed by atoms with Gasteiger partial charge in [-0.25, -0.2) is 0 Å². The summed E-state index contributed by atoms with van der Waals surface area (Å²) in [4.78, 5) is 0. The van der Waals surface area contributed by atoms with Gasteiger partial charge in [-0.2, -0.15) is 0 Å². The van der Waals surface area contributed by atoms with E-state index >= 15 is 0 Å². The molecule has 0 saturated carbocycles. The molecule has 0 heterocycles. The maximum absolute atomic E-state index is 6.52. The van der Waals surface area contributed by atoms with Gasteiger partial charge in [0, 0.05) is 0 Å². The van der Waals surface area contributed by atoms with E-state index in [0.29, 0.717) is 0 Å². The van der Waals surface area contributed by atoms with Crippen molar-refractivity contribution < 1.29 is 0 Å². The lowest BCUT2D eigenvalue weighted by atomic mass is 10.9. The van der Waals surface area contributed by atoms with Crippen LogP contribution in [0.5, 0.6) is 0 Å². The second kappa shape index (κ2) is 4.61. The second-order valence-corrected chi connectivity index (χ2v) is 1.34. The summed E-state index contributed by atoms with van der Waals surface area (Å²) in [6.45, 7) is 0. The molecule has 0 unspecified atom stereocenters. The summed E-state index contributed by atoms with van der Waals surface area (Å²) in [5.41, 5.74) is 9.69. The van der Waals surface area contributed by atoms with Crippen molar-refractivity contribution in [2.75, 3.05) is 0 Å². The van der Waals surface area contributed by atoms with E-state index in [1.807, 2.05) is 0 Å².